The van der Waals surface area contributed by atoms with E-state index in [1.165, 1.54) is 12.8 Å². The van der Waals surface area contributed by atoms with Crippen molar-refractivity contribution in [1.29, 1.82) is 0 Å². The molecule has 2 bridgehead atoms. The first kappa shape index (κ1) is 7.14. The van der Waals surface area contributed by atoms with E-state index in [1.54, 1.807) is 6.42 Å². The summed E-state index contributed by atoms with van der Waals surface area (Å²) in [5, 5.41) is 3.59. The zero-order chi connectivity index (χ0) is 8.13. The van der Waals surface area contributed by atoms with Gasteiger partial charge in [-0.3, -0.25) is 0 Å². The highest BCUT2D eigenvalue weighted by Crippen LogP contribution is 2.65. The Morgan fingerprint density at radius 3 is 2.50 bits per heavy atom. The lowest BCUT2D eigenvalue weighted by molar-refractivity contribution is 0.456. The average Bonchev–Trinajstić information content (AvgIpc) is 2.52. The van der Waals surface area contributed by atoms with E-state index in [2.05, 4.69) is 11.9 Å². The van der Waals surface area contributed by atoms with Gasteiger partial charge in [-0.2, -0.15) is 0 Å². The fourth-order valence-electron chi connectivity index (χ4n) is 3.82. The zero-order valence-electron chi connectivity index (χ0n) is 7.50. The number of hydrogen-bond acceptors (Lipinski definition) is 1. The number of nitrogens with one attached hydrogen (secondary N) is 1. The minimum absolute atomic E-state index is 0.884. The molecule has 4 unspecified atom stereocenters. The lowest BCUT2D eigenvalue weighted by Crippen LogP contribution is -2.22. The molecule has 3 fully saturated rings. The lowest BCUT2D eigenvalue weighted by Gasteiger charge is -2.08. The summed E-state index contributed by atoms with van der Waals surface area (Å²) < 4.78 is 0. The average molecular weight is 163 g/mol. The Morgan fingerprint density at radius 1 is 1.25 bits per heavy atom. The van der Waals surface area contributed by atoms with Gasteiger partial charge in [-0.25, -0.2) is 0 Å². The minimum Gasteiger partial charge on any atom is -0.310 e. The van der Waals surface area contributed by atoms with Crippen LogP contribution >= 0.6 is 0 Å². The molecule has 3 rings (SSSR count). The molecule has 1 N–H and O–H groups in total. The van der Waals surface area contributed by atoms with Crippen LogP contribution < -0.4 is 5.32 Å². The summed E-state index contributed by atoms with van der Waals surface area (Å²) in [6.07, 6.45) is 6.59. The fourth-order valence-corrected chi connectivity index (χ4v) is 3.82. The van der Waals surface area contributed by atoms with Crippen molar-refractivity contribution in [3.63, 3.8) is 0 Å². The molecule has 0 aliphatic heterocycles. The summed E-state index contributed by atoms with van der Waals surface area (Å²) >= 11 is 0. The first-order chi connectivity index (χ1) is 5.92. The van der Waals surface area contributed by atoms with Gasteiger partial charge in [-0.05, 0) is 42.9 Å². The Hall–Kier alpha value is -0.300. The molecule has 3 saturated carbocycles. The molecule has 0 saturated heterocycles. The van der Waals surface area contributed by atoms with E-state index in [9.17, 15) is 0 Å². The highest BCUT2D eigenvalue weighted by atomic mass is 15.0. The van der Waals surface area contributed by atoms with Crippen LogP contribution in [0.3, 0.4) is 0 Å². The largest absolute Gasteiger partial charge is 0.310 e. The van der Waals surface area contributed by atoms with E-state index in [0.717, 1.165) is 36.3 Å². The Kier molecular flexibility index (Phi) is 1.40. The monoisotopic (exact) mass is 163 g/mol. The van der Waals surface area contributed by atoms with Gasteiger partial charge in [0.15, 0.2) is 0 Å². The minimum atomic E-state index is 0.884. The molecule has 0 radical (unpaired) electrons. The third-order valence-corrected chi connectivity index (χ3v) is 4.23. The maximum Gasteiger partial charge on any atom is 0.0138 e. The van der Waals surface area contributed by atoms with E-state index >= 15 is 0 Å². The van der Waals surface area contributed by atoms with Crippen LogP contribution in [0, 0.1) is 23.7 Å². The predicted molar refractivity (Wildman–Crippen MR) is 49.8 cm³/mol. The molecule has 0 amide bonds. The van der Waals surface area contributed by atoms with Crippen molar-refractivity contribution in [1.82, 2.24) is 5.32 Å². The second-order valence-electron chi connectivity index (χ2n) is 4.71. The molecule has 0 aromatic heterocycles. The summed E-state index contributed by atoms with van der Waals surface area (Å²) in [5.74, 6) is 4.34. The quantitative estimate of drug-likeness (QED) is 0.626. The van der Waals surface area contributed by atoms with Gasteiger partial charge in [0, 0.05) is 12.6 Å². The zero-order valence-corrected chi connectivity index (χ0v) is 7.50. The van der Waals surface area contributed by atoms with Crippen molar-refractivity contribution in [2.75, 3.05) is 6.54 Å². The van der Waals surface area contributed by atoms with Gasteiger partial charge in [0.2, 0.25) is 0 Å². The van der Waals surface area contributed by atoms with Crippen LogP contribution in [0.1, 0.15) is 19.3 Å². The Balaban J connectivity index is 1.63. The van der Waals surface area contributed by atoms with Gasteiger partial charge in [0.1, 0.15) is 0 Å². The number of hydrogen-bond donors (Lipinski definition) is 1. The van der Waals surface area contributed by atoms with Gasteiger partial charge >= 0.3 is 0 Å². The van der Waals surface area contributed by atoms with Crippen molar-refractivity contribution in [3.8, 4) is 0 Å². The van der Waals surface area contributed by atoms with Crippen molar-refractivity contribution < 1.29 is 0 Å². The standard InChI is InChI=1S/C11H17N/c1-2-5-12-11-9-7-3-4-8(6-7)10(9)11/h2,7-12H,1,3-6H2. The smallest absolute Gasteiger partial charge is 0.0138 e. The van der Waals surface area contributed by atoms with Crippen molar-refractivity contribution in [2.24, 2.45) is 23.7 Å². The summed E-state index contributed by atoms with van der Waals surface area (Å²) in [4.78, 5) is 0. The Labute approximate surface area is 74.2 Å². The van der Waals surface area contributed by atoms with Crippen LogP contribution in [-0.4, -0.2) is 12.6 Å². The maximum absolute atomic E-state index is 3.75. The van der Waals surface area contributed by atoms with E-state index in [1.807, 2.05) is 6.08 Å². The molecular weight excluding hydrogens is 146 g/mol. The molecule has 0 aromatic carbocycles. The SMILES string of the molecule is C=CCNC1C2C3CCC(C3)C12. The van der Waals surface area contributed by atoms with Crippen LogP contribution in [0.4, 0.5) is 0 Å². The molecule has 0 spiro atoms. The maximum atomic E-state index is 3.75. The molecule has 1 heteroatoms. The highest BCUT2D eigenvalue weighted by Gasteiger charge is 2.64. The lowest BCUT2D eigenvalue weighted by atomic mass is 10.0. The molecule has 3 aliphatic carbocycles. The van der Waals surface area contributed by atoms with Gasteiger partial charge in [0.05, 0.1) is 0 Å². The fraction of sp³-hybridized carbons (Fsp3) is 0.818. The first-order valence-corrected chi connectivity index (χ1v) is 5.26. The van der Waals surface area contributed by atoms with Gasteiger partial charge in [0.25, 0.3) is 0 Å². The summed E-state index contributed by atoms with van der Waals surface area (Å²) in [6.45, 7) is 4.76. The van der Waals surface area contributed by atoms with Gasteiger partial charge in [-0.1, -0.05) is 6.08 Å². The van der Waals surface area contributed by atoms with Gasteiger partial charge < -0.3 is 5.32 Å². The van der Waals surface area contributed by atoms with Crippen LogP contribution in [0.2, 0.25) is 0 Å². The first-order valence-electron chi connectivity index (χ1n) is 5.26. The summed E-state index contributed by atoms with van der Waals surface area (Å²) in [6, 6.07) is 0.884. The third-order valence-electron chi connectivity index (χ3n) is 4.23. The molecule has 66 valence electrons. The predicted octanol–water partition coefficient (Wildman–Crippen LogP) is 1.81. The van der Waals surface area contributed by atoms with Crippen LogP contribution in [-0.2, 0) is 0 Å². The summed E-state index contributed by atoms with van der Waals surface area (Å²) in [7, 11) is 0. The van der Waals surface area contributed by atoms with Crippen LogP contribution in [0.5, 0.6) is 0 Å². The molecule has 4 atom stereocenters. The number of fused-ring (bicyclic) bond motifs is 5. The van der Waals surface area contributed by atoms with E-state index in [0.29, 0.717) is 0 Å². The highest BCUT2D eigenvalue weighted by molar-refractivity contribution is 5.16. The molecule has 0 heterocycles. The molecule has 12 heavy (non-hydrogen) atoms. The number of rotatable bonds is 3. The summed E-state index contributed by atoms with van der Waals surface area (Å²) in [5.41, 5.74) is 0. The second-order valence-corrected chi connectivity index (χ2v) is 4.71. The van der Waals surface area contributed by atoms with Crippen LogP contribution in [0.25, 0.3) is 0 Å². The second kappa shape index (κ2) is 2.35. The third kappa shape index (κ3) is 0.779. The van der Waals surface area contributed by atoms with Crippen molar-refractivity contribution in [2.45, 2.75) is 25.3 Å². The van der Waals surface area contributed by atoms with E-state index in [-0.39, 0.29) is 0 Å². The van der Waals surface area contributed by atoms with E-state index < -0.39 is 0 Å². The van der Waals surface area contributed by atoms with Gasteiger partial charge in [-0.15, -0.1) is 6.58 Å². The van der Waals surface area contributed by atoms with Crippen molar-refractivity contribution >= 4 is 0 Å². The Bertz CT molecular complexity index is 195. The normalized spacial score (nSPS) is 53.8. The molecular formula is C11H17N. The molecule has 0 aromatic rings. The topological polar surface area (TPSA) is 12.0 Å². The molecule has 1 nitrogen and oxygen atoms in total. The van der Waals surface area contributed by atoms with Crippen LogP contribution in [0.15, 0.2) is 12.7 Å². The Morgan fingerprint density at radius 2 is 1.92 bits per heavy atom. The molecule has 3 aliphatic rings. The van der Waals surface area contributed by atoms with Crippen molar-refractivity contribution in [3.05, 3.63) is 12.7 Å². The van der Waals surface area contributed by atoms with E-state index in [4.69, 9.17) is 0 Å².